The topological polar surface area (TPSA) is 75.6 Å². The number of pyridine rings is 1. The van der Waals surface area contributed by atoms with Crippen molar-refractivity contribution in [2.24, 2.45) is 0 Å². The monoisotopic (exact) mass is 280 g/mol. The Morgan fingerprint density at radius 3 is 2.85 bits per heavy atom. The van der Waals surface area contributed by atoms with E-state index >= 15 is 0 Å². The number of nitrogens with zero attached hydrogens (tertiary/aromatic N) is 4. The highest BCUT2D eigenvalue weighted by Gasteiger charge is 2.13. The standard InChI is InChI=1S/C14H8N4OS/c15-9-11(8-10-3-5-16-6-4-10)14-17-13(18-19-14)12-2-1-7-20-12/h1-8H/b11-8+. The molecule has 0 spiro atoms. The Morgan fingerprint density at radius 1 is 1.30 bits per heavy atom. The molecule has 0 aliphatic rings. The van der Waals surface area contributed by atoms with Gasteiger partial charge in [0.1, 0.15) is 11.6 Å². The van der Waals surface area contributed by atoms with Gasteiger partial charge in [0.25, 0.3) is 5.89 Å². The second kappa shape index (κ2) is 5.47. The molecule has 0 aliphatic carbocycles. The zero-order chi connectivity index (χ0) is 13.8. The first-order chi connectivity index (χ1) is 9.86. The van der Waals surface area contributed by atoms with Gasteiger partial charge >= 0.3 is 0 Å². The van der Waals surface area contributed by atoms with Crippen LogP contribution in [-0.4, -0.2) is 15.1 Å². The first kappa shape index (κ1) is 12.3. The molecule has 3 rings (SSSR count). The van der Waals surface area contributed by atoms with Crippen LogP contribution in [-0.2, 0) is 0 Å². The van der Waals surface area contributed by atoms with Gasteiger partial charge in [-0.2, -0.15) is 10.2 Å². The minimum absolute atomic E-state index is 0.215. The van der Waals surface area contributed by atoms with Crippen molar-refractivity contribution in [1.82, 2.24) is 15.1 Å². The number of hydrogen-bond donors (Lipinski definition) is 0. The van der Waals surface area contributed by atoms with E-state index in [4.69, 9.17) is 4.52 Å². The molecule has 96 valence electrons. The van der Waals surface area contributed by atoms with Crippen molar-refractivity contribution < 1.29 is 4.52 Å². The van der Waals surface area contributed by atoms with Crippen LogP contribution in [0.25, 0.3) is 22.4 Å². The van der Waals surface area contributed by atoms with E-state index in [-0.39, 0.29) is 5.89 Å². The molecular formula is C14H8N4OS. The number of rotatable bonds is 3. The van der Waals surface area contributed by atoms with Gasteiger partial charge in [0.2, 0.25) is 5.82 Å². The van der Waals surface area contributed by atoms with E-state index < -0.39 is 0 Å². The quantitative estimate of drug-likeness (QED) is 0.688. The van der Waals surface area contributed by atoms with Crippen LogP contribution in [0.2, 0.25) is 0 Å². The Morgan fingerprint density at radius 2 is 2.15 bits per heavy atom. The van der Waals surface area contributed by atoms with Crippen LogP contribution in [0.3, 0.4) is 0 Å². The summed E-state index contributed by atoms with van der Waals surface area (Å²) in [5, 5.41) is 15.0. The van der Waals surface area contributed by atoms with Crippen LogP contribution < -0.4 is 0 Å². The molecule has 3 heterocycles. The lowest BCUT2D eigenvalue weighted by Gasteiger charge is -1.92. The van der Waals surface area contributed by atoms with Gasteiger partial charge in [0.15, 0.2) is 0 Å². The van der Waals surface area contributed by atoms with Gasteiger partial charge in [0.05, 0.1) is 4.88 Å². The molecular weight excluding hydrogens is 272 g/mol. The zero-order valence-corrected chi connectivity index (χ0v) is 11.0. The largest absolute Gasteiger partial charge is 0.333 e. The van der Waals surface area contributed by atoms with Crippen LogP contribution >= 0.6 is 11.3 Å². The lowest BCUT2D eigenvalue weighted by atomic mass is 10.2. The summed E-state index contributed by atoms with van der Waals surface area (Å²) in [5.41, 5.74) is 1.18. The van der Waals surface area contributed by atoms with E-state index in [0.29, 0.717) is 11.4 Å². The predicted octanol–water partition coefficient (Wildman–Crippen LogP) is 3.26. The van der Waals surface area contributed by atoms with Crippen LogP contribution in [0.5, 0.6) is 0 Å². The third kappa shape index (κ3) is 2.48. The van der Waals surface area contributed by atoms with Crippen molar-refractivity contribution in [3.05, 3.63) is 53.5 Å². The summed E-state index contributed by atoms with van der Waals surface area (Å²) in [4.78, 5) is 9.08. The fraction of sp³-hybridized carbons (Fsp3) is 0. The molecule has 0 N–H and O–H groups in total. The molecule has 0 aromatic carbocycles. The fourth-order valence-electron chi connectivity index (χ4n) is 1.61. The van der Waals surface area contributed by atoms with Gasteiger partial charge in [-0.1, -0.05) is 11.2 Å². The van der Waals surface area contributed by atoms with Crippen LogP contribution in [0.4, 0.5) is 0 Å². The van der Waals surface area contributed by atoms with Crippen molar-refractivity contribution in [3.63, 3.8) is 0 Å². The van der Waals surface area contributed by atoms with Gasteiger partial charge < -0.3 is 4.52 Å². The third-order valence-electron chi connectivity index (χ3n) is 2.54. The van der Waals surface area contributed by atoms with E-state index in [1.165, 1.54) is 11.3 Å². The Hall–Kier alpha value is -2.78. The number of aromatic nitrogens is 3. The number of thiophene rings is 1. The van der Waals surface area contributed by atoms with Crippen molar-refractivity contribution in [1.29, 1.82) is 5.26 Å². The average Bonchev–Trinajstić information content (AvgIpc) is 3.16. The van der Waals surface area contributed by atoms with Crippen LogP contribution in [0, 0.1) is 11.3 Å². The molecule has 5 nitrogen and oxygen atoms in total. The van der Waals surface area contributed by atoms with Crippen LogP contribution in [0.1, 0.15) is 11.5 Å². The summed E-state index contributed by atoms with van der Waals surface area (Å²) < 4.78 is 5.15. The van der Waals surface area contributed by atoms with Crippen molar-refractivity contribution in [2.45, 2.75) is 0 Å². The molecule has 3 aromatic heterocycles. The number of hydrogen-bond acceptors (Lipinski definition) is 6. The molecule has 0 saturated heterocycles. The Balaban J connectivity index is 1.95. The number of allylic oxidation sites excluding steroid dienone is 1. The average molecular weight is 280 g/mol. The maximum absolute atomic E-state index is 9.22. The molecule has 0 unspecified atom stereocenters. The smallest absolute Gasteiger partial charge is 0.268 e. The Labute approximate surface area is 118 Å². The summed E-state index contributed by atoms with van der Waals surface area (Å²) in [7, 11) is 0. The highest BCUT2D eigenvalue weighted by molar-refractivity contribution is 7.13. The summed E-state index contributed by atoms with van der Waals surface area (Å²) in [5.74, 6) is 0.707. The van der Waals surface area contributed by atoms with Crippen molar-refractivity contribution >= 4 is 23.0 Å². The molecule has 0 radical (unpaired) electrons. The first-order valence-electron chi connectivity index (χ1n) is 5.76. The second-order valence-corrected chi connectivity index (χ2v) is 4.80. The lowest BCUT2D eigenvalue weighted by molar-refractivity contribution is 0.409. The van der Waals surface area contributed by atoms with E-state index in [9.17, 15) is 5.26 Å². The van der Waals surface area contributed by atoms with Crippen molar-refractivity contribution in [2.75, 3.05) is 0 Å². The summed E-state index contributed by atoms with van der Waals surface area (Å²) in [6.45, 7) is 0. The SMILES string of the molecule is N#C/C(=C\c1ccncc1)c1nc(-c2cccs2)no1. The molecule has 3 aromatic rings. The molecule has 0 fully saturated rings. The van der Waals surface area contributed by atoms with Gasteiger partial charge in [-0.15, -0.1) is 11.3 Å². The fourth-order valence-corrected chi connectivity index (χ4v) is 2.26. The predicted molar refractivity (Wildman–Crippen MR) is 75.3 cm³/mol. The highest BCUT2D eigenvalue weighted by atomic mass is 32.1. The van der Waals surface area contributed by atoms with Gasteiger partial charge in [-0.05, 0) is 35.2 Å². The molecule has 0 aliphatic heterocycles. The summed E-state index contributed by atoms with van der Waals surface area (Å²) in [6, 6.07) is 9.48. The van der Waals surface area contributed by atoms with E-state index in [1.807, 2.05) is 17.5 Å². The van der Waals surface area contributed by atoms with E-state index in [1.54, 1.807) is 30.6 Å². The molecule has 20 heavy (non-hydrogen) atoms. The van der Waals surface area contributed by atoms with Gasteiger partial charge in [-0.3, -0.25) is 4.98 Å². The summed E-state index contributed by atoms with van der Waals surface area (Å²) >= 11 is 1.52. The first-order valence-corrected chi connectivity index (χ1v) is 6.64. The normalized spacial score (nSPS) is 11.2. The lowest BCUT2D eigenvalue weighted by Crippen LogP contribution is -1.83. The minimum Gasteiger partial charge on any atom is -0.333 e. The third-order valence-corrected chi connectivity index (χ3v) is 3.40. The highest BCUT2D eigenvalue weighted by Crippen LogP contribution is 2.24. The Kier molecular flexibility index (Phi) is 3.35. The van der Waals surface area contributed by atoms with Crippen LogP contribution in [0.15, 0.2) is 46.6 Å². The minimum atomic E-state index is 0.215. The van der Waals surface area contributed by atoms with E-state index in [2.05, 4.69) is 21.2 Å². The van der Waals surface area contributed by atoms with Gasteiger partial charge in [-0.25, -0.2) is 0 Å². The maximum Gasteiger partial charge on any atom is 0.268 e. The molecule has 0 atom stereocenters. The molecule has 0 amide bonds. The number of nitriles is 1. The molecule has 0 saturated carbocycles. The van der Waals surface area contributed by atoms with E-state index in [0.717, 1.165) is 10.4 Å². The molecule has 6 heteroatoms. The second-order valence-electron chi connectivity index (χ2n) is 3.85. The Bertz CT molecular complexity index is 769. The van der Waals surface area contributed by atoms with Crippen molar-refractivity contribution in [3.8, 4) is 16.8 Å². The zero-order valence-electron chi connectivity index (χ0n) is 10.2. The van der Waals surface area contributed by atoms with Gasteiger partial charge in [0, 0.05) is 12.4 Å². The maximum atomic E-state index is 9.22. The summed E-state index contributed by atoms with van der Waals surface area (Å²) in [6.07, 6.45) is 5.00. The molecule has 0 bridgehead atoms.